The highest BCUT2D eigenvalue weighted by Crippen LogP contribution is 2.41. The lowest BCUT2D eigenvalue weighted by Crippen LogP contribution is -2.45. The number of hydrogen-bond donors (Lipinski definition) is 10. The Hall–Kier alpha value is -10.9. The summed E-state index contributed by atoms with van der Waals surface area (Å²) in [6.07, 6.45) is 5.41. The molecule has 3 aromatic heterocycles. The van der Waals surface area contributed by atoms with E-state index in [0.717, 1.165) is 86.5 Å². The average Bonchev–Trinajstić information content (AvgIpc) is 0.961. The number of fused-ring (bicyclic) bond motifs is 8. The Labute approximate surface area is 564 Å². The number of carboxylic acids is 1. The Morgan fingerprint density at radius 3 is 1.60 bits per heavy atom. The Balaban J connectivity index is 0.000000154. The molecule has 0 saturated heterocycles. The van der Waals surface area contributed by atoms with E-state index in [1.807, 2.05) is 94.3 Å². The lowest BCUT2D eigenvalue weighted by molar-refractivity contribution is -0.137. The van der Waals surface area contributed by atoms with Crippen LogP contribution in [0.15, 0.2) is 87.5 Å². The summed E-state index contributed by atoms with van der Waals surface area (Å²) in [5, 5.41) is 18.9. The molecule has 0 radical (unpaired) electrons. The number of rotatable bonds is 20. The van der Waals surface area contributed by atoms with E-state index in [0.29, 0.717) is 90.2 Å². The van der Waals surface area contributed by atoms with Gasteiger partial charge in [0.15, 0.2) is 45.0 Å². The van der Waals surface area contributed by atoms with Crippen LogP contribution in [0, 0.1) is 48.5 Å². The Morgan fingerprint density at radius 2 is 1.04 bits per heavy atom. The molecule has 1 aliphatic carbocycles. The summed E-state index contributed by atoms with van der Waals surface area (Å²) in [5.41, 5.74) is 12.8. The minimum Gasteiger partial charge on any atom is -0.481 e. The summed E-state index contributed by atoms with van der Waals surface area (Å²) >= 11 is 0. The second-order valence-electron chi connectivity index (χ2n) is 25.0. The van der Waals surface area contributed by atoms with Crippen LogP contribution in [0.1, 0.15) is 83.9 Å². The fourth-order valence-corrected chi connectivity index (χ4v) is 12.1. The molecule has 30 nitrogen and oxygen atoms in total. The normalized spacial score (nSPS) is 13.2. The van der Waals surface area contributed by atoms with Crippen molar-refractivity contribution in [2.75, 3.05) is 65.4 Å². The largest absolute Gasteiger partial charge is 0.481 e. The van der Waals surface area contributed by atoms with Gasteiger partial charge in [-0.1, -0.05) is 32.6 Å². The van der Waals surface area contributed by atoms with Gasteiger partial charge in [0.25, 0.3) is 22.2 Å². The number of nitrogens with zero attached hydrogens (tertiary/aromatic N) is 12. The SMILES string of the molecule is C=c1nc2c(c(=O)[nH]1)=Nc1cc(C)c(C)cc1N2CC(=O)NCCP(=O)(O)O.C=c1nc2c(c(=O)[nH]1)=Nc1cc(C)c(C)cc1N2CCNCCn1c2nc(=O)[nH]c(=O)c-2nc2cc(C)c(C)cc21.C=c1nc2c(c(=O)[nH]1)=Nc1cc(C)c(NC3CC3)cc1N2CCCCCCC(=O)O. The van der Waals surface area contributed by atoms with Crippen LogP contribution in [0.5, 0.6) is 0 Å². The number of carbonyl (C=O) groups excluding carboxylic acids is 1. The zero-order chi connectivity index (χ0) is 70.9. The van der Waals surface area contributed by atoms with Gasteiger partial charge in [-0.05, 0) is 162 Å². The third-order valence-corrected chi connectivity index (χ3v) is 18.2. The molecule has 0 atom stereocenters. The third kappa shape index (κ3) is 15.7. The summed E-state index contributed by atoms with van der Waals surface area (Å²) < 4.78 is 12.8. The average molecular weight is 1370 g/mol. The topological polar surface area (TPSA) is 413 Å². The molecule has 13 rings (SSSR count). The molecule has 6 aliphatic rings. The van der Waals surface area contributed by atoms with Crippen LogP contribution in [0.2, 0.25) is 0 Å². The molecule has 7 aromatic rings. The molecule has 10 N–H and O–H groups in total. The van der Waals surface area contributed by atoms with E-state index in [2.05, 4.69) is 113 Å². The summed E-state index contributed by atoms with van der Waals surface area (Å²) in [7, 11) is -4.21. The minimum atomic E-state index is -4.21. The molecule has 0 spiro atoms. The van der Waals surface area contributed by atoms with Gasteiger partial charge in [0.05, 0.1) is 51.3 Å². The molecule has 0 bridgehead atoms. The van der Waals surface area contributed by atoms with Crippen molar-refractivity contribution in [1.82, 2.24) is 60.1 Å². The fraction of sp³-hybridized carbons (Fsp3) is 0.338. The van der Waals surface area contributed by atoms with Crippen LogP contribution in [-0.2, 0) is 20.7 Å². The van der Waals surface area contributed by atoms with Gasteiger partial charge >= 0.3 is 19.3 Å². The number of hydrogen-bond acceptors (Lipinski definition) is 21. The van der Waals surface area contributed by atoms with E-state index in [1.165, 1.54) is 12.8 Å². The predicted octanol–water partition coefficient (Wildman–Crippen LogP) is 3.00. The molecule has 1 saturated carbocycles. The number of carbonyl (C=O) groups is 2. The van der Waals surface area contributed by atoms with Gasteiger partial charge in [0, 0.05) is 57.4 Å². The van der Waals surface area contributed by atoms with Crippen molar-refractivity contribution in [1.29, 1.82) is 0 Å². The van der Waals surface area contributed by atoms with E-state index in [1.54, 1.807) is 4.90 Å². The van der Waals surface area contributed by atoms with Gasteiger partial charge in [-0.2, -0.15) is 4.98 Å². The van der Waals surface area contributed by atoms with Crippen LogP contribution in [0.25, 0.3) is 42.3 Å². The maximum Gasteiger partial charge on any atom is 0.349 e. The number of carboxylic acid groups (broad SMARTS) is 1. The highest BCUT2D eigenvalue weighted by atomic mass is 31.2. The predicted molar refractivity (Wildman–Crippen MR) is 377 cm³/mol. The van der Waals surface area contributed by atoms with Crippen LogP contribution in [0.3, 0.4) is 0 Å². The van der Waals surface area contributed by atoms with Crippen molar-refractivity contribution < 1.29 is 29.0 Å². The number of amides is 1. The number of unbranched alkanes of at least 4 members (excludes halogenated alkanes) is 3. The number of anilines is 7. The van der Waals surface area contributed by atoms with Crippen molar-refractivity contribution in [3.05, 3.63) is 172 Å². The van der Waals surface area contributed by atoms with Crippen molar-refractivity contribution in [2.45, 2.75) is 106 Å². The van der Waals surface area contributed by atoms with E-state index in [9.17, 15) is 38.1 Å². The molecular weight excluding hydrogens is 1290 g/mol. The number of aromatic nitrogens is 10. The molecule has 4 aromatic carbocycles. The standard InChI is InChI=1S/C29H29N9O3.C22H27N5O3.C17H20N5O5P/c1-14-10-19-21(12-16(14)3)37(25-23(33-19)27(39)32-18(5)31-25)8-6-30-7-9-38-22-13-17(4)15(2)11-20(22)34-24-26(38)35-29(41)36-28(24)40;1-13-11-17-18(12-16(13)25-15-8-9-15)27(10-6-4-3-5-7-19(28)29)21-20(26-17)22(30)24-14(2)23-21;1-9-6-12-13(7-10(9)2)22(8-14(23)18-4-5-28(25,26)27)16-15(21-12)17(24)20-11(3)19-16/h10-13,30H,5-9H2,1-4H3,(H,32,39)(H,36,40,41);11-12,15,25H,2-10H2,1H3,(H,24,30)(H,28,29);6-7H,3-5,8H2,1-2H3,(H,18,23)(H,20,24)(H2,25,26,27). The summed E-state index contributed by atoms with van der Waals surface area (Å²) in [5.74, 6) is 0.215. The highest BCUT2D eigenvalue weighted by molar-refractivity contribution is 7.51. The lowest BCUT2D eigenvalue weighted by atomic mass is 10.1. The van der Waals surface area contributed by atoms with E-state index < -0.39 is 42.4 Å². The van der Waals surface area contributed by atoms with E-state index in [-0.39, 0.29) is 69.6 Å². The maximum absolute atomic E-state index is 12.7. The van der Waals surface area contributed by atoms with Crippen LogP contribution in [0.4, 0.5) is 57.3 Å². The Bertz CT molecular complexity index is 5470. The lowest BCUT2D eigenvalue weighted by Gasteiger charge is -2.29. The molecule has 0 unspecified atom stereocenters. The van der Waals surface area contributed by atoms with E-state index in [4.69, 9.17) is 14.9 Å². The molecular formula is C68H76N19O11P. The molecule has 5 aliphatic heterocycles. The van der Waals surface area contributed by atoms with Crippen molar-refractivity contribution in [2.24, 2.45) is 15.0 Å². The van der Waals surface area contributed by atoms with Gasteiger partial charge < -0.3 is 65.1 Å². The second-order valence-corrected chi connectivity index (χ2v) is 26.8. The van der Waals surface area contributed by atoms with Gasteiger partial charge in [-0.15, -0.1) is 0 Å². The van der Waals surface area contributed by atoms with Crippen molar-refractivity contribution in [3.8, 4) is 11.5 Å². The molecule has 8 heterocycles. The first-order chi connectivity index (χ1) is 47.1. The number of benzene rings is 4. The highest BCUT2D eigenvalue weighted by Gasteiger charge is 2.30. The van der Waals surface area contributed by atoms with Crippen LogP contribution in [-0.4, -0.2) is 128 Å². The Kier molecular flexibility index (Phi) is 20.1. The molecule has 1 fully saturated rings. The number of nitrogens with one attached hydrogen (secondary N) is 7. The number of aromatic amines is 4. The third-order valence-electron chi connectivity index (χ3n) is 17.4. The zero-order valence-corrected chi connectivity index (χ0v) is 56.7. The maximum atomic E-state index is 12.7. The smallest absolute Gasteiger partial charge is 0.349 e. The molecule has 31 heteroatoms. The quantitative estimate of drug-likeness (QED) is 0.0298. The zero-order valence-electron chi connectivity index (χ0n) is 55.8. The fourth-order valence-electron chi connectivity index (χ4n) is 11.7. The first kappa shape index (κ1) is 69.4. The number of aryl methyl sites for hydroxylation is 7. The number of aliphatic carboxylic acids is 1. The summed E-state index contributed by atoms with van der Waals surface area (Å²) in [6, 6.07) is 16.3. The molecule has 1 amide bonds. The summed E-state index contributed by atoms with van der Waals surface area (Å²) in [4.78, 5) is 154. The Morgan fingerprint density at radius 1 is 0.556 bits per heavy atom. The van der Waals surface area contributed by atoms with E-state index >= 15 is 0 Å². The minimum absolute atomic E-state index is 0.0752. The van der Waals surface area contributed by atoms with Gasteiger partial charge in [-0.3, -0.25) is 38.3 Å². The van der Waals surface area contributed by atoms with Crippen LogP contribution < -0.4 is 91.1 Å². The van der Waals surface area contributed by atoms with Crippen molar-refractivity contribution in [3.63, 3.8) is 0 Å². The monoisotopic (exact) mass is 1370 g/mol. The van der Waals surface area contributed by atoms with Gasteiger partial charge in [0.1, 0.15) is 23.0 Å². The molecule has 99 heavy (non-hydrogen) atoms. The molecule has 514 valence electrons. The second kappa shape index (κ2) is 28.6. The summed E-state index contributed by atoms with van der Waals surface area (Å²) in [6.45, 7) is 27.5. The van der Waals surface area contributed by atoms with Gasteiger partial charge in [-0.25, -0.2) is 39.7 Å². The van der Waals surface area contributed by atoms with Crippen LogP contribution >= 0.6 is 7.60 Å². The van der Waals surface area contributed by atoms with Gasteiger partial charge in [0.2, 0.25) is 5.91 Å². The first-order valence-electron chi connectivity index (χ1n) is 32.2. The number of H-pyrrole nitrogens is 4. The first-order valence-corrected chi connectivity index (χ1v) is 34.0. The van der Waals surface area contributed by atoms with Crippen molar-refractivity contribution >= 4 is 108 Å².